The maximum absolute atomic E-state index is 8.92. The number of allylic oxidation sites excluding steroid dienone is 2. The molecular weight excluding hydrogens is 146 g/mol. The Morgan fingerprint density at radius 1 is 1.50 bits per heavy atom. The Hall–Kier alpha value is -0.770. The summed E-state index contributed by atoms with van der Waals surface area (Å²) in [5.41, 5.74) is 1.65. The van der Waals surface area contributed by atoms with Gasteiger partial charge in [-0.05, 0) is 29.6 Å². The molecule has 0 aromatic rings. The predicted molar refractivity (Wildman–Crippen MR) is 48.3 cm³/mol. The number of fused-ring (bicyclic) bond motifs is 2. The van der Waals surface area contributed by atoms with Gasteiger partial charge in [-0.25, -0.2) is 0 Å². The van der Waals surface area contributed by atoms with E-state index in [4.69, 9.17) is 5.26 Å². The Bertz CT molecular complexity index is 293. The van der Waals surface area contributed by atoms with E-state index in [2.05, 4.69) is 32.9 Å². The summed E-state index contributed by atoms with van der Waals surface area (Å²) in [4.78, 5) is 0. The van der Waals surface area contributed by atoms with Crippen molar-refractivity contribution in [2.75, 3.05) is 0 Å². The maximum Gasteiger partial charge on any atom is 0.0947 e. The van der Waals surface area contributed by atoms with Gasteiger partial charge < -0.3 is 0 Å². The molecular formula is C11H15N. The molecule has 0 aromatic carbocycles. The van der Waals surface area contributed by atoms with Crippen molar-refractivity contribution in [3.63, 3.8) is 0 Å². The highest BCUT2D eigenvalue weighted by Crippen LogP contribution is 2.63. The van der Waals surface area contributed by atoms with Crippen LogP contribution in [0.15, 0.2) is 11.6 Å². The lowest BCUT2D eigenvalue weighted by atomic mass is 9.70. The van der Waals surface area contributed by atoms with Gasteiger partial charge in [-0.2, -0.15) is 5.26 Å². The fourth-order valence-electron chi connectivity index (χ4n) is 2.88. The molecule has 0 aromatic heterocycles. The van der Waals surface area contributed by atoms with Gasteiger partial charge in [0.05, 0.1) is 6.07 Å². The fraction of sp³-hybridized carbons (Fsp3) is 0.727. The minimum atomic E-state index is 0.294. The van der Waals surface area contributed by atoms with Gasteiger partial charge in [-0.3, -0.25) is 0 Å². The first kappa shape index (κ1) is 7.86. The number of nitrogens with zero attached hydrogens (tertiary/aromatic N) is 1. The molecule has 0 amide bonds. The molecule has 1 saturated carbocycles. The topological polar surface area (TPSA) is 23.8 Å². The third-order valence-corrected chi connectivity index (χ3v) is 4.27. The molecule has 2 unspecified atom stereocenters. The van der Waals surface area contributed by atoms with Crippen LogP contribution in [0, 0.1) is 28.1 Å². The van der Waals surface area contributed by atoms with Gasteiger partial charge in [0.1, 0.15) is 0 Å². The first-order chi connectivity index (χ1) is 5.51. The second kappa shape index (κ2) is 1.93. The molecule has 2 atom stereocenters. The standard InChI is InChI=1S/C11H15N/c1-10(2)9-4-5-11(10,3)6-8(9)7-12/h6,9H,4-5H2,1-3H3. The van der Waals surface area contributed by atoms with Gasteiger partial charge in [0.2, 0.25) is 0 Å². The zero-order valence-corrected chi connectivity index (χ0v) is 8.02. The summed E-state index contributed by atoms with van der Waals surface area (Å²) in [7, 11) is 0. The van der Waals surface area contributed by atoms with Crippen LogP contribution in [0.1, 0.15) is 33.6 Å². The molecule has 0 N–H and O–H groups in total. The Kier molecular flexibility index (Phi) is 1.27. The van der Waals surface area contributed by atoms with Crippen molar-refractivity contribution in [1.29, 1.82) is 5.26 Å². The zero-order valence-electron chi connectivity index (χ0n) is 8.02. The monoisotopic (exact) mass is 161 g/mol. The smallest absolute Gasteiger partial charge is 0.0947 e. The molecule has 2 rings (SSSR count). The van der Waals surface area contributed by atoms with Gasteiger partial charge >= 0.3 is 0 Å². The molecule has 2 bridgehead atoms. The SMILES string of the molecule is CC12C=C(C#N)C(CC1)C2(C)C. The third kappa shape index (κ3) is 0.641. The fourth-order valence-corrected chi connectivity index (χ4v) is 2.88. The van der Waals surface area contributed by atoms with E-state index in [1.165, 1.54) is 12.8 Å². The summed E-state index contributed by atoms with van der Waals surface area (Å²) in [5.74, 6) is 0.535. The van der Waals surface area contributed by atoms with Crippen LogP contribution in [0.4, 0.5) is 0 Å². The van der Waals surface area contributed by atoms with Crippen LogP contribution in [-0.4, -0.2) is 0 Å². The van der Waals surface area contributed by atoms with Gasteiger partial charge in [-0.1, -0.05) is 26.8 Å². The number of hydrogen-bond acceptors (Lipinski definition) is 1. The summed E-state index contributed by atoms with van der Waals surface area (Å²) in [6, 6.07) is 2.34. The normalized spacial score (nSPS) is 42.5. The van der Waals surface area contributed by atoms with E-state index in [0.717, 1.165) is 5.57 Å². The van der Waals surface area contributed by atoms with E-state index in [9.17, 15) is 0 Å². The van der Waals surface area contributed by atoms with Gasteiger partial charge in [0.15, 0.2) is 0 Å². The Labute approximate surface area is 74.1 Å². The van der Waals surface area contributed by atoms with Crippen LogP contribution in [0.3, 0.4) is 0 Å². The zero-order chi connectivity index (χ0) is 8.98. The summed E-state index contributed by atoms with van der Waals surface area (Å²) < 4.78 is 0. The lowest BCUT2D eigenvalue weighted by molar-refractivity contribution is 0.180. The first-order valence-corrected chi connectivity index (χ1v) is 4.64. The lowest BCUT2D eigenvalue weighted by Gasteiger charge is -2.33. The molecule has 0 radical (unpaired) electrons. The van der Waals surface area contributed by atoms with Gasteiger partial charge in [0, 0.05) is 5.57 Å². The van der Waals surface area contributed by atoms with E-state index < -0.39 is 0 Å². The van der Waals surface area contributed by atoms with E-state index in [0.29, 0.717) is 16.7 Å². The van der Waals surface area contributed by atoms with E-state index in [1.807, 2.05) is 0 Å². The summed E-state index contributed by atoms with van der Waals surface area (Å²) in [5, 5.41) is 8.92. The molecule has 1 nitrogen and oxygen atoms in total. The average Bonchev–Trinajstić information content (AvgIpc) is 2.33. The second-order valence-electron chi connectivity index (χ2n) is 4.94. The minimum Gasteiger partial charge on any atom is -0.193 e. The molecule has 1 fully saturated rings. The Balaban J connectivity index is 2.50. The number of nitriles is 1. The summed E-state index contributed by atoms with van der Waals surface area (Å²) >= 11 is 0. The Morgan fingerprint density at radius 2 is 2.17 bits per heavy atom. The van der Waals surface area contributed by atoms with Crippen molar-refractivity contribution < 1.29 is 0 Å². The average molecular weight is 161 g/mol. The molecule has 12 heavy (non-hydrogen) atoms. The quantitative estimate of drug-likeness (QED) is 0.536. The molecule has 0 heterocycles. The predicted octanol–water partition coefficient (Wildman–Crippen LogP) is 2.89. The van der Waals surface area contributed by atoms with Crippen molar-refractivity contribution >= 4 is 0 Å². The van der Waals surface area contributed by atoms with Crippen molar-refractivity contribution in [2.24, 2.45) is 16.7 Å². The molecule has 1 heteroatoms. The molecule has 0 spiro atoms. The van der Waals surface area contributed by atoms with Crippen LogP contribution >= 0.6 is 0 Å². The molecule has 0 saturated heterocycles. The van der Waals surface area contributed by atoms with E-state index in [1.54, 1.807) is 0 Å². The van der Waals surface area contributed by atoms with Crippen molar-refractivity contribution in [2.45, 2.75) is 33.6 Å². The maximum atomic E-state index is 8.92. The molecule has 2 aliphatic rings. The van der Waals surface area contributed by atoms with Gasteiger partial charge in [0.25, 0.3) is 0 Å². The Morgan fingerprint density at radius 3 is 2.42 bits per heavy atom. The number of rotatable bonds is 0. The first-order valence-electron chi connectivity index (χ1n) is 4.64. The molecule has 2 aliphatic carbocycles. The molecule has 0 aliphatic heterocycles. The van der Waals surface area contributed by atoms with E-state index in [-0.39, 0.29) is 0 Å². The number of hydrogen-bond donors (Lipinski definition) is 0. The largest absolute Gasteiger partial charge is 0.193 e. The van der Waals surface area contributed by atoms with Crippen LogP contribution in [0.5, 0.6) is 0 Å². The minimum absolute atomic E-state index is 0.294. The van der Waals surface area contributed by atoms with Gasteiger partial charge in [-0.15, -0.1) is 0 Å². The van der Waals surface area contributed by atoms with Crippen LogP contribution in [-0.2, 0) is 0 Å². The molecule has 64 valence electrons. The second-order valence-corrected chi connectivity index (χ2v) is 4.94. The van der Waals surface area contributed by atoms with Crippen LogP contribution in [0.25, 0.3) is 0 Å². The third-order valence-electron chi connectivity index (χ3n) is 4.27. The van der Waals surface area contributed by atoms with Crippen LogP contribution in [0.2, 0.25) is 0 Å². The van der Waals surface area contributed by atoms with Crippen molar-refractivity contribution in [1.82, 2.24) is 0 Å². The van der Waals surface area contributed by atoms with Crippen molar-refractivity contribution in [3.8, 4) is 6.07 Å². The van der Waals surface area contributed by atoms with Crippen molar-refractivity contribution in [3.05, 3.63) is 11.6 Å². The summed E-state index contributed by atoms with van der Waals surface area (Å²) in [6.07, 6.45) is 4.68. The van der Waals surface area contributed by atoms with Crippen LogP contribution < -0.4 is 0 Å². The highest BCUT2D eigenvalue weighted by Gasteiger charge is 2.56. The lowest BCUT2D eigenvalue weighted by Crippen LogP contribution is -2.27. The van der Waals surface area contributed by atoms with E-state index >= 15 is 0 Å². The highest BCUT2D eigenvalue weighted by molar-refractivity contribution is 5.38. The highest BCUT2D eigenvalue weighted by atomic mass is 14.6. The summed E-state index contributed by atoms with van der Waals surface area (Å²) in [6.45, 7) is 6.88.